The second-order valence-corrected chi connectivity index (χ2v) is 10.0. The summed E-state index contributed by atoms with van der Waals surface area (Å²) in [5.41, 5.74) is 2.05. The molecule has 0 aliphatic carbocycles. The molecule has 4 aromatic rings. The van der Waals surface area contributed by atoms with Crippen LogP contribution in [0.15, 0.2) is 66.7 Å². The normalized spacial score (nSPS) is 23.4. The lowest BCUT2D eigenvalue weighted by Gasteiger charge is -2.41. The molecule has 0 fully saturated rings. The highest BCUT2D eigenvalue weighted by Gasteiger charge is 2.45. The highest BCUT2D eigenvalue weighted by molar-refractivity contribution is 5.61. The van der Waals surface area contributed by atoms with Crippen molar-refractivity contribution < 1.29 is 50.3 Å². The summed E-state index contributed by atoms with van der Waals surface area (Å²) in [5.74, 6) is -2.23. The van der Waals surface area contributed by atoms with Crippen molar-refractivity contribution in [3.05, 3.63) is 94.5 Å². The van der Waals surface area contributed by atoms with Gasteiger partial charge in [0.05, 0.1) is 6.10 Å². The highest BCUT2D eigenvalue weighted by Crippen LogP contribution is 2.54. The summed E-state index contributed by atoms with van der Waals surface area (Å²) in [6, 6.07) is 15.6. The van der Waals surface area contributed by atoms with Crippen LogP contribution in [-0.2, 0) is 6.42 Å². The number of aliphatic hydroxyl groups is 2. The largest absolute Gasteiger partial charge is 0.508 e. The first-order valence-electron chi connectivity index (χ1n) is 12.5. The average Bonchev–Trinajstić information content (AvgIpc) is 2.92. The topological polar surface area (TPSA) is 180 Å². The molecule has 10 nitrogen and oxygen atoms in total. The van der Waals surface area contributed by atoms with Gasteiger partial charge in [-0.05, 0) is 53.1 Å². The molecule has 8 N–H and O–H groups in total. The standard InChI is InChI=1S/C30H26O10/c31-16-4-5-17(20(34)12-16)25-26-24(39-30(27(25)38)15-2-7-19(33)22(36)10-15)8-3-14-11-23(37)28(40-29(14)26)13-1-6-18(32)21(35)9-13/h1-10,12,23,25,27-28,30-38H,11H2/t23-,25+,27-,28-,30-/m0/s1. The van der Waals surface area contributed by atoms with Gasteiger partial charge in [0, 0.05) is 29.5 Å². The van der Waals surface area contributed by atoms with Gasteiger partial charge in [-0.2, -0.15) is 0 Å². The van der Waals surface area contributed by atoms with Crippen molar-refractivity contribution in [3.63, 3.8) is 0 Å². The lowest BCUT2D eigenvalue weighted by Crippen LogP contribution is -2.37. The summed E-state index contributed by atoms with van der Waals surface area (Å²) in [4.78, 5) is 0. The number of rotatable bonds is 3. The van der Waals surface area contributed by atoms with E-state index in [1.807, 2.05) is 0 Å². The zero-order chi connectivity index (χ0) is 28.3. The third-order valence-electron chi connectivity index (χ3n) is 7.48. The number of aromatic hydroxyl groups is 6. The van der Waals surface area contributed by atoms with Gasteiger partial charge in [-0.1, -0.05) is 24.3 Å². The average molecular weight is 547 g/mol. The number of fused-ring (bicyclic) bond motifs is 3. The van der Waals surface area contributed by atoms with Crippen LogP contribution in [0, 0.1) is 0 Å². The van der Waals surface area contributed by atoms with Crippen LogP contribution in [0.4, 0.5) is 0 Å². The summed E-state index contributed by atoms with van der Waals surface area (Å²) in [6.45, 7) is 0. The molecular formula is C30H26O10. The van der Waals surface area contributed by atoms with Gasteiger partial charge < -0.3 is 50.3 Å². The van der Waals surface area contributed by atoms with Gasteiger partial charge >= 0.3 is 0 Å². The number of phenolic OH excluding ortho intramolecular Hbond substituents is 6. The fourth-order valence-electron chi connectivity index (χ4n) is 5.54. The minimum atomic E-state index is -1.34. The van der Waals surface area contributed by atoms with E-state index in [-0.39, 0.29) is 40.7 Å². The Morgan fingerprint density at radius 2 is 1.25 bits per heavy atom. The van der Waals surface area contributed by atoms with Crippen molar-refractivity contribution >= 4 is 0 Å². The molecular weight excluding hydrogens is 520 g/mol. The summed E-state index contributed by atoms with van der Waals surface area (Å²) < 4.78 is 12.5. The van der Waals surface area contributed by atoms with E-state index < -0.39 is 36.1 Å². The molecule has 2 aliphatic heterocycles. The molecule has 0 amide bonds. The van der Waals surface area contributed by atoms with Crippen molar-refractivity contribution in [1.82, 2.24) is 0 Å². The van der Waals surface area contributed by atoms with Gasteiger partial charge in [0.1, 0.15) is 35.2 Å². The smallest absolute Gasteiger partial charge is 0.157 e. The van der Waals surface area contributed by atoms with Gasteiger partial charge in [-0.3, -0.25) is 0 Å². The second-order valence-electron chi connectivity index (χ2n) is 10.0. The van der Waals surface area contributed by atoms with E-state index in [0.717, 1.165) is 6.07 Å². The Kier molecular flexibility index (Phi) is 6.01. The SMILES string of the molecule is Oc1ccc([C@@H]2c3c(ccc4c3O[C@@H](c3ccc(O)c(O)c3)[C@@H](O)C4)O[C@@H](c3ccc(O)c(O)c3)[C@H]2O)c(O)c1. The van der Waals surface area contributed by atoms with Gasteiger partial charge in [0.2, 0.25) is 0 Å². The van der Waals surface area contributed by atoms with Crippen molar-refractivity contribution in [2.75, 3.05) is 0 Å². The zero-order valence-electron chi connectivity index (χ0n) is 20.8. The molecule has 0 saturated carbocycles. The zero-order valence-corrected chi connectivity index (χ0v) is 20.8. The Balaban J connectivity index is 1.52. The molecule has 0 saturated heterocycles. The Hall–Kier alpha value is -4.80. The lowest BCUT2D eigenvalue weighted by molar-refractivity contribution is -0.00180. The second kappa shape index (κ2) is 9.44. The molecule has 206 valence electrons. The van der Waals surface area contributed by atoms with Crippen LogP contribution in [0.25, 0.3) is 0 Å². The third-order valence-corrected chi connectivity index (χ3v) is 7.48. The van der Waals surface area contributed by atoms with Crippen LogP contribution >= 0.6 is 0 Å². The summed E-state index contributed by atoms with van der Waals surface area (Å²) >= 11 is 0. The fourth-order valence-corrected chi connectivity index (χ4v) is 5.54. The van der Waals surface area contributed by atoms with Gasteiger partial charge in [0.25, 0.3) is 0 Å². The van der Waals surface area contributed by atoms with E-state index in [9.17, 15) is 40.9 Å². The molecule has 6 rings (SSSR count). The monoisotopic (exact) mass is 546 g/mol. The first kappa shape index (κ1) is 25.5. The molecule has 0 unspecified atom stereocenters. The number of phenols is 6. The maximum atomic E-state index is 11.7. The molecule has 4 aromatic carbocycles. The van der Waals surface area contributed by atoms with Crippen molar-refractivity contribution in [2.45, 2.75) is 36.8 Å². The highest BCUT2D eigenvalue weighted by atomic mass is 16.5. The van der Waals surface area contributed by atoms with Gasteiger partial charge in [-0.25, -0.2) is 0 Å². The van der Waals surface area contributed by atoms with Gasteiger partial charge in [0.15, 0.2) is 29.1 Å². The molecule has 2 heterocycles. The minimum absolute atomic E-state index is 0.161. The number of ether oxygens (including phenoxy) is 2. The third kappa shape index (κ3) is 4.14. The summed E-state index contributed by atoms with van der Waals surface area (Å²) in [6.07, 6.45) is -4.16. The first-order chi connectivity index (χ1) is 19.1. The van der Waals surface area contributed by atoms with Crippen LogP contribution in [0.5, 0.6) is 46.0 Å². The van der Waals surface area contributed by atoms with E-state index in [2.05, 4.69) is 0 Å². The maximum Gasteiger partial charge on any atom is 0.157 e. The predicted molar refractivity (Wildman–Crippen MR) is 140 cm³/mol. The quantitative estimate of drug-likeness (QED) is 0.177. The van der Waals surface area contributed by atoms with Crippen molar-refractivity contribution in [3.8, 4) is 46.0 Å². The molecule has 0 aromatic heterocycles. The van der Waals surface area contributed by atoms with Crippen molar-refractivity contribution in [2.24, 2.45) is 0 Å². The van der Waals surface area contributed by atoms with E-state index >= 15 is 0 Å². The van der Waals surface area contributed by atoms with E-state index in [0.29, 0.717) is 33.8 Å². The molecule has 0 radical (unpaired) electrons. The Labute approximate surface area is 227 Å². The summed E-state index contributed by atoms with van der Waals surface area (Å²) in [7, 11) is 0. The van der Waals surface area contributed by atoms with E-state index in [4.69, 9.17) is 9.47 Å². The number of aliphatic hydroxyl groups excluding tert-OH is 2. The Morgan fingerprint density at radius 1 is 0.600 bits per heavy atom. The van der Waals surface area contributed by atoms with Crippen LogP contribution in [0.3, 0.4) is 0 Å². The number of hydrogen-bond donors (Lipinski definition) is 8. The van der Waals surface area contributed by atoms with Crippen LogP contribution in [-0.4, -0.2) is 53.1 Å². The van der Waals surface area contributed by atoms with Crippen molar-refractivity contribution in [1.29, 1.82) is 0 Å². The predicted octanol–water partition coefficient (Wildman–Crippen LogP) is 3.58. The lowest BCUT2D eigenvalue weighted by atomic mass is 9.77. The van der Waals surface area contributed by atoms with E-state index in [1.54, 1.807) is 12.1 Å². The molecule has 0 bridgehead atoms. The fraction of sp³-hybridized carbons (Fsp3) is 0.200. The minimum Gasteiger partial charge on any atom is -0.508 e. The number of benzene rings is 4. The first-order valence-corrected chi connectivity index (χ1v) is 12.5. The Bertz CT molecular complexity index is 1620. The van der Waals surface area contributed by atoms with Gasteiger partial charge in [-0.15, -0.1) is 0 Å². The summed E-state index contributed by atoms with van der Waals surface area (Å²) in [5, 5.41) is 83.1. The van der Waals surface area contributed by atoms with Crippen LogP contribution in [0.2, 0.25) is 0 Å². The van der Waals surface area contributed by atoms with Crippen LogP contribution in [0.1, 0.15) is 45.9 Å². The molecule has 5 atom stereocenters. The maximum absolute atomic E-state index is 11.7. The van der Waals surface area contributed by atoms with Crippen LogP contribution < -0.4 is 9.47 Å². The molecule has 2 aliphatic rings. The Morgan fingerprint density at radius 3 is 1.88 bits per heavy atom. The molecule has 10 heteroatoms. The number of hydrogen-bond acceptors (Lipinski definition) is 10. The van der Waals surface area contributed by atoms with E-state index in [1.165, 1.54) is 48.5 Å². The molecule has 40 heavy (non-hydrogen) atoms. The molecule has 0 spiro atoms.